The number of rotatable bonds is 3. The average molecular weight is 440 g/mol. The third kappa shape index (κ3) is 3.24. The Morgan fingerprint density at radius 2 is 1.82 bits per heavy atom. The number of amides is 1. The van der Waals surface area contributed by atoms with Gasteiger partial charge in [-0.15, -0.1) is 5.10 Å². The number of nitrogens with zero attached hydrogens (tertiary/aromatic N) is 5. The number of benzene rings is 2. The van der Waals surface area contributed by atoms with Gasteiger partial charge in [0.05, 0.1) is 10.9 Å². The molecule has 1 amide bonds. The molecule has 2 aromatic carbocycles. The van der Waals surface area contributed by atoms with Crippen molar-refractivity contribution in [1.29, 1.82) is 0 Å². The normalized spacial score (nSPS) is 12.7. The minimum atomic E-state index is -0.428. The van der Waals surface area contributed by atoms with E-state index in [1.165, 1.54) is 16.9 Å². The van der Waals surface area contributed by atoms with Crippen LogP contribution in [0.25, 0.3) is 28.1 Å². The number of fused-ring (bicyclic) bond motifs is 4. The maximum Gasteiger partial charge on any atom is 0.280 e. The Morgan fingerprint density at radius 1 is 1.00 bits per heavy atom. The van der Waals surface area contributed by atoms with Gasteiger partial charge in [-0.05, 0) is 36.4 Å². The van der Waals surface area contributed by atoms with Gasteiger partial charge in [0, 0.05) is 23.5 Å². The fourth-order valence-electron chi connectivity index (χ4n) is 3.68. The van der Waals surface area contributed by atoms with E-state index in [1.807, 2.05) is 24.3 Å². The third-order valence-corrected chi connectivity index (χ3v) is 5.29. The first kappa shape index (κ1) is 19.0. The molecule has 3 aromatic heterocycles. The van der Waals surface area contributed by atoms with E-state index in [0.29, 0.717) is 47.4 Å². The minimum absolute atomic E-state index is 0.289. The molecular formula is C23H16N6O4. The van der Waals surface area contributed by atoms with Crippen molar-refractivity contribution in [1.82, 2.24) is 24.3 Å². The van der Waals surface area contributed by atoms with Crippen LogP contribution in [-0.4, -0.2) is 43.4 Å². The van der Waals surface area contributed by atoms with Crippen molar-refractivity contribution in [2.45, 2.75) is 0 Å². The molecule has 0 unspecified atom stereocenters. The smallest absolute Gasteiger partial charge is 0.280 e. The fourth-order valence-corrected chi connectivity index (χ4v) is 3.68. The molecule has 33 heavy (non-hydrogen) atoms. The number of hydrogen-bond acceptors (Lipinski definition) is 7. The number of ether oxygens (including phenoxy) is 2. The average Bonchev–Trinajstić information content (AvgIpc) is 3.31. The van der Waals surface area contributed by atoms with Crippen LogP contribution < -0.4 is 20.5 Å². The molecule has 5 aromatic rings. The third-order valence-electron chi connectivity index (χ3n) is 5.29. The zero-order valence-electron chi connectivity index (χ0n) is 17.1. The van der Waals surface area contributed by atoms with Crippen LogP contribution in [0.1, 0.15) is 10.4 Å². The van der Waals surface area contributed by atoms with E-state index in [2.05, 4.69) is 20.5 Å². The summed E-state index contributed by atoms with van der Waals surface area (Å²) in [6.45, 7) is 0.993. The lowest BCUT2D eigenvalue weighted by Crippen LogP contribution is -2.32. The summed E-state index contributed by atoms with van der Waals surface area (Å²) in [6.07, 6.45) is 2.91. The highest BCUT2D eigenvalue weighted by Gasteiger charge is 2.17. The standard InChI is InChI=1S/C23H16N6O4/c30-21(14-4-2-1-3-5-14)27-28-9-8-17-16(22(28)31)13-24-23-25-20(26-29(17)23)15-6-7-18-19(12-15)33-11-10-32-18/h1-9,12-13H,10-11H2,(H,27,30). The van der Waals surface area contributed by atoms with Gasteiger partial charge in [0.15, 0.2) is 17.3 Å². The zero-order valence-corrected chi connectivity index (χ0v) is 17.1. The summed E-state index contributed by atoms with van der Waals surface area (Å²) in [5.74, 6) is 1.70. The zero-order chi connectivity index (χ0) is 22.4. The minimum Gasteiger partial charge on any atom is -0.486 e. The van der Waals surface area contributed by atoms with Gasteiger partial charge in [0.2, 0.25) is 0 Å². The van der Waals surface area contributed by atoms with Crippen LogP contribution in [0, 0.1) is 0 Å². The highest BCUT2D eigenvalue weighted by Crippen LogP contribution is 2.33. The number of aromatic nitrogens is 5. The molecule has 0 spiro atoms. The van der Waals surface area contributed by atoms with Crippen LogP contribution in [0.3, 0.4) is 0 Å². The summed E-state index contributed by atoms with van der Waals surface area (Å²) in [5, 5.41) is 4.84. The van der Waals surface area contributed by atoms with Gasteiger partial charge in [-0.1, -0.05) is 18.2 Å². The number of carbonyl (C=O) groups excluding carboxylic acids is 1. The topological polar surface area (TPSA) is 113 Å². The van der Waals surface area contributed by atoms with Crippen molar-refractivity contribution in [2.24, 2.45) is 0 Å². The van der Waals surface area contributed by atoms with Crippen molar-refractivity contribution < 1.29 is 14.3 Å². The molecule has 10 nitrogen and oxygen atoms in total. The van der Waals surface area contributed by atoms with Crippen LogP contribution in [0.5, 0.6) is 11.5 Å². The van der Waals surface area contributed by atoms with E-state index in [9.17, 15) is 9.59 Å². The van der Waals surface area contributed by atoms with Crippen LogP contribution in [0.2, 0.25) is 0 Å². The predicted molar refractivity (Wildman–Crippen MR) is 119 cm³/mol. The molecule has 0 atom stereocenters. The molecule has 1 aliphatic heterocycles. The van der Waals surface area contributed by atoms with E-state index < -0.39 is 11.5 Å². The summed E-state index contributed by atoms with van der Waals surface area (Å²) in [4.78, 5) is 34.2. The Balaban J connectivity index is 1.39. The van der Waals surface area contributed by atoms with Crippen LogP contribution in [0.15, 0.2) is 71.8 Å². The molecule has 1 aliphatic rings. The summed E-state index contributed by atoms with van der Waals surface area (Å²) in [6, 6.07) is 15.8. The van der Waals surface area contributed by atoms with E-state index in [0.717, 1.165) is 10.2 Å². The first-order chi connectivity index (χ1) is 16.2. The second kappa shape index (κ2) is 7.45. The second-order valence-corrected chi connectivity index (χ2v) is 7.36. The quantitative estimate of drug-likeness (QED) is 0.458. The first-order valence-electron chi connectivity index (χ1n) is 10.2. The maximum atomic E-state index is 13.0. The van der Waals surface area contributed by atoms with Gasteiger partial charge in [-0.2, -0.15) is 9.50 Å². The number of carbonyl (C=O) groups is 1. The van der Waals surface area contributed by atoms with Crippen molar-refractivity contribution in [3.05, 3.63) is 82.9 Å². The molecule has 0 aliphatic carbocycles. The van der Waals surface area contributed by atoms with Crippen LogP contribution in [0.4, 0.5) is 0 Å². The van der Waals surface area contributed by atoms with E-state index >= 15 is 0 Å². The van der Waals surface area contributed by atoms with Crippen LogP contribution >= 0.6 is 0 Å². The Kier molecular flexibility index (Phi) is 4.29. The van der Waals surface area contributed by atoms with Gasteiger partial charge in [0.1, 0.15) is 13.2 Å². The Morgan fingerprint density at radius 3 is 2.67 bits per heavy atom. The maximum absolute atomic E-state index is 13.0. The van der Waals surface area contributed by atoms with E-state index in [4.69, 9.17) is 9.47 Å². The molecule has 0 fully saturated rings. The van der Waals surface area contributed by atoms with Crippen molar-refractivity contribution in [3.8, 4) is 22.9 Å². The number of hydrogen-bond donors (Lipinski definition) is 1. The molecule has 0 radical (unpaired) electrons. The fraction of sp³-hybridized carbons (Fsp3) is 0.0870. The molecule has 6 rings (SSSR count). The first-order valence-corrected chi connectivity index (χ1v) is 10.2. The van der Waals surface area contributed by atoms with Gasteiger partial charge in [0.25, 0.3) is 17.2 Å². The molecule has 162 valence electrons. The lowest BCUT2D eigenvalue weighted by Gasteiger charge is -2.18. The largest absolute Gasteiger partial charge is 0.486 e. The van der Waals surface area contributed by atoms with Crippen molar-refractivity contribution in [3.63, 3.8) is 0 Å². The molecule has 4 heterocycles. The lowest BCUT2D eigenvalue weighted by atomic mass is 10.2. The molecule has 1 N–H and O–H groups in total. The highest BCUT2D eigenvalue weighted by atomic mass is 16.6. The van der Waals surface area contributed by atoms with Gasteiger partial charge in [-0.3, -0.25) is 15.0 Å². The number of nitrogens with one attached hydrogen (secondary N) is 1. The van der Waals surface area contributed by atoms with E-state index in [-0.39, 0.29) is 5.39 Å². The SMILES string of the molecule is O=C(Nn1ccc2c(cnc3nc(-c4ccc5c(c4)OCCO5)nn32)c1=O)c1ccccc1. The van der Waals surface area contributed by atoms with Gasteiger partial charge < -0.3 is 9.47 Å². The number of pyridine rings is 1. The molecule has 0 saturated carbocycles. The van der Waals surface area contributed by atoms with Crippen molar-refractivity contribution >= 4 is 22.6 Å². The summed E-state index contributed by atoms with van der Waals surface area (Å²) < 4.78 is 13.8. The van der Waals surface area contributed by atoms with E-state index in [1.54, 1.807) is 30.3 Å². The van der Waals surface area contributed by atoms with Gasteiger partial charge >= 0.3 is 0 Å². The van der Waals surface area contributed by atoms with Crippen molar-refractivity contribution in [2.75, 3.05) is 18.6 Å². The predicted octanol–water partition coefficient (Wildman–Crippen LogP) is 2.26. The molecule has 0 bridgehead atoms. The monoisotopic (exact) mass is 440 g/mol. The van der Waals surface area contributed by atoms with Crippen LogP contribution in [-0.2, 0) is 0 Å². The molecule has 10 heteroatoms. The lowest BCUT2D eigenvalue weighted by molar-refractivity contribution is 0.101. The Labute approximate surface area is 186 Å². The molecule has 0 saturated heterocycles. The summed E-state index contributed by atoms with van der Waals surface area (Å²) in [7, 11) is 0. The summed E-state index contributed by atoms with van der Waals surface area (Å²) >= 11 is 0. The highest BCUT2D eigenvalue weighted by molar-refractivity contribution is 6.00. The second-order valence-electron chi connectivity index (χ2n) is 7.36. The van der Waals surface area contributed by atoms with Gasteiger partial charge in [-0.25, -0.2) is 9.66 Å². The Hall–Kier alpha value is -4.73. The Bertz CT molecular complexity index is 1590. The summed E-state index contributed by atoms with van der Waals surface area (Å²) in [5.41, 5.74) is 3.87. The molecular weight excluding hydrogens is 424 g/mol.